The van der Waals surface area contributed by atoms with Crippen LogP contribution < -0.4 is 31.6 Å². The third-order valence-electron chi connectivity index (χ3n) is 9.35. The highest BCUT2D eigenvalue weighted by molar-refractivity contribution is 6.04. The summed E-state index contributed by atoms with van der Waals surface area (Å²) in [4.78, 5) is 47.0. The van der Waals surface area contributed by atoms with E-state index in [1.807, 2.05) is 65.6 Å². The number of carbonyl (C=O) groups excluding carboxylic acids is 3. The summed E-state index contributed by atoms with van der Waals surface area (Å²) in [6.07, 6.45) is 10.3. The van der Waals surface area contributed by atoms with Crippen LogP contribution in [0.3, 0.4) is 0 Å². The SMILES string of the molecule is CCn1nc(C)cc1C(=O)Nc1nc2cc(C(N)=O)cc(OC)c2n1C/C=C/Cn1c(NC)nc2cc(C=O)cc(OC/C=C/Cn3ncc4cc(N)ccc43)c21. The Bertz CT molecular complexity index is 2720. The average molecular weight is 771 g/mol. The van der Waals surface area contributed by atoms with Crippen LogP contribution in [0.2, 0.25) is 0 Å². The molecule has 4 aromatic heterocycles. The molecule has 0 fully saturated rings. The predicted molar refractivity (Wildman–Crippen MR) is 218 cm³/mol. The molecule has 0 aliphatic carbocycles. The Hall–Kier alpha value is -7.43. The van der Waals surface area contributed by atoms with E-state index in [0.29, 0.717) is 81.8 Å². The normalized spacial score (nSPS) is 11.7. The topological polar surface area (TPSA) is 217 Å². The van der Waals surface area contributed by atoms with E-state index in [0.717, 1.165) is 17.2 Å². The van der Waals surface area contributed by atoms with Gasteiger partial charge in [0.1, 0.15) is 41.1 Å². The number of nitrogens with one attached hydrogen (secondary N) is 2. The quantitative estimate of drug-likeness (QED) is 0.0586. The lowest BCUT2D eigenvalue weighted by molar-refractivity contribution is 0.0995. The van der Waals surface area contributed by atoms with E-state index < -0.39 is 11.8 Å². The zero-order chi connectivity index (χ0) is 40.2. The first-order valence-electron chi connectivity index (χ1n) is 18.2. The molecule has 6 N–H and O–H groups in total. The van der Waals surface area contributed by atoms with E-state index in [1.165, 1.54) is 7.11 Å². The number of ether oxygens (including phenoxy) is 2. The number of carbonyl (C=O) groups is 3. The molecule has 7 aromatic rings. The van der Waals surface area contributed by atoms with Gasteiger partial charge in [0, 0.05) is 48.9 Å². The van der Waals surface area contributed by atoms with Crippen LogP contribution in [0, 0.1) is 6.92 Å². The first-order chi connectivity index (χ1) is 27.6. The van der Waals surface area contributed by atoms with Crippen LogP contribution in [0.4, 0.5) is 17.6 Å². The predicted octanol–water partition coefficient (Wildman–Crippen LogP) is 4.95. The maximum atomic E-state index is 13.5. The van der Waals surface area contributed by atoms with Crippen molar-refractivity contribution in [2.75, 3.05) is 37.1 Å². The summed E-state index contributed by atoms with van der Waals surface area (Å²) in [5, 5.41) is 15.9. The van der Waals surface area contributed by atoms with E-state index in [4.69, 9.17) is 25.9 Å². The highest BCUT2D eigenvalue weighted by Gasteiger charge is 2.22. The highest BCUT2D eigenvalue weighted by atomic mass is 16.5. The first-order valence-corrected chi connectivity index (χ1v) is 18.2. The van der Waals surface area contributed by atoms with Crippen molar-refractivity contribution < 1.29 is 23.9 Å². The lowest BCUT2D eigenvalue weighted by atomic mass is 10.1. The number of aromatic nitrogens is 8. The number of amides is 2. The lowest BCUT2D eigenvalue weighted by Crippen LogP contribution is -2.20. The van der Waals surface area contributed by atoms with Crippen LogP contribution in [0.5, 0.6) is 11.5 Å². The number of benzene rings is 3. The van der Waals surface area contributed by atoms with Crippen molar-refractivity contribution in [2.45, 2.75) is 40.0 Å². The fourth-order valence-corrected chi connectivity index (χ4v) is 6.72. The minimum absolute atomic E-state index is 0.215. The molecule has 0 saturated heterocycles. The number of rotatable bonds is 16. The van der Waals surface area contributed by atoms with E-state index in [2.05, 4.69) is 25.8 Å². The van der Waals surface area contributed by atoms with Gasteiger partial charge in [-0.15, -0.1) is 0 Å². The van der Waals surface area contributed by atoms with Crippen molar-refractivity contribution >= 4 is 68.7 Å². The number of anilines is 3. The molecular formula is C40H42N12O5. The van der Waals surface area contributed by atoms with Gasteiger partial charge >= 0.3 is 0 Å². The molecule has 0 spiro atoms. The van der Waals surface area contributed by atoms with Gasteiger partial charge in [-0.25, -0.2) is 9.97 Å². The lowest BCUT2D eigenvalue weighted by Gasteiger charge is -2.12. The van der Waals surface area contributed by atoms with E-state index in [1.54, 1.807) is 52.8 Å². The Morgan fingerprint density at radius 2 is 1.60 bits per heavy atom. The third kappa shape index (κ3) is 7.62. The fourth-order valence-electron chi connectivity index (χ4n) is 6.72. The van der Waals surface area contributed by atoms with Crippen LogP contribution in [0.15, 0.2) is 79.0 Å². The molecular weight excluding hydrogens is 729 g/mol. The number of primary amides is 1. The van der Waals surface area contributed by atoms with E-state index >= 15 is 0 Å². The number of nitrogen functional groups attached to an aromatic ring is 1. The van der Waals surface area contributed by atoms with Gasteiger partial charge in [0.25, 0.3) is 5.91 Å². The van der Waals surface area contributed by atoms with Gasteiger partial charge in [0.05, 0.1) is 42.1 Å². The van der Waals surface area contributed by atoms with Crippen molar-refractivity contribution in [3.8, 4) is 11.5 Å². The maximum absolute atomic E-state index is 13.5. The van der Waals surface area contributed by atoms with Crippen molar-refractivity contribution in [3.63, 3.8) is 0 Å². The molecule has 17 nitrogen and oxygen atoms in total. The van der Waals surface area contributed by atoms with Gasteiger partial charge in [0.15, 0.2) is 0 Å². The second-order valence-electron chi connectivity index (χ2n) is 13.1. The van der Waals surface area contributed by atoms with E-state index in [-0.39, 0.29) is 24.7 Å². The molecule has 2 amide bonds. The molecule has 0 radical (unpaired) electrons. The van der Waals surface area contributed by atoms with Gasteiger partial charge in [-0.1, -0.05) is 18.2 Å². The van der Waals surface area contributed by atoms with Crippen molar-refractivity contribution in [1.29, 1.82) is 0 Å². The van der Waals surface area contributed by atoms with Gasteiger partial charge in [-0.3, -0.25) is 29.1 Å². The molecule has 0 aliphatic rings. The summed E-state index contributed by atoms with van der Waals surface area (Å²) in [7, 11) is 3.25. The largest absolute Gasteiger partial charge is 0.494 e. The number of nitrogens with zero attached hydrogens (tertiary/aromatic N) is 8. The number of allylic oxidation sites excluding steroid dienone is 3. The maximum Gasteiger partial charge on any atom is 0.276 e. The van der Waals surface area contributed by atoms with Crippen LogP contribution >= 0.6 is 0 Å². The molecule has 4 heterocycles. The van der Waals surface area contributed by atoms with Crippen LogP contribution in [-0.2, 0) is 26.2 Å². The molecule has 0 atom stereocenters. The number of imidazole rings is 2. The minimum atomic E-state index is -0.639. The number of aldehydes is 1. The van der Waals surface area contributed by atoms with Crippen LogP contribution in [0.1, 0.15) is 43.8 Å². The van der Waals surface area contributed by atoms with E-state index in [9.17, 15) is 14.4 Å². The molecule has 17 heteroatoms. The van der Waals surface area contributed by atoms with Gasteiger partial charge < -0.3 is 35.4 Å². The molecule has 292 valence electrons. The smallest absolute Gasteiger partial charge is 0.276 e. The summed E-state index contributed by atoms with van der Waals surface area (Å²) >= 11 is 0. The van der Waals surface area contributed by atoms with Gasteiger partial charge in [-0.05, 0) is 68.5 Å². The van der Waals surface area contributed by atoms with Gasteiger partial charge in [0.2, 0.25) is 17.8 Å². The van der Waals surface area contributed by atoms with Crippen molar-refractivity contribution in [3.05, 3.63) is 102 Å². The Morgan fingerprint density at radius 1 is 0.877 bits per heavy atom. The summed E-state index contributed by atoms with van der Waals surface area (Å²) < 4.78 is 19.1. The first kappa shape index (κ1) is 37.9. The zero-order valence-corrected chi connectivity index (χ0v) is 31.9. The number of methoxy groups -OCH3 is 1. The third-order valence-corrected chi connectivity index (χ3v) is 9.35. The number of hydrogen-bond donors (Lipinski definition) is 4. The average Bonchev–Trinajstić information content (AvgIpc) is 3.98. The summed E-state index contributed by atoms with van der Waals surface area (Å²) in [6, 6.07) is 13.9. The van der Waals surface area contributed by atoms with Gasteiger partial charge in [-0.2, -0.15) is 10.2 Å². The monoisotopic (exact) mass is 770 g/mol. The summed E-state index contributed by atoms with van der Waals surface area (Å²) in [5.74, 6) is 0.617. The molecule has 57 heavy (non-hydrogen) atoms. The Balaban J connectivity index is 1.15. The minimum Gasteiger partial charge on any atom is -0.494 e. The second kappa shape index (κ2) is 16.1. The number of nitrogens with two attached hydrogens (primary N) is 2. The second-order valence-corrected chi connectivity index (χ2v) is 13.1. The Kier molecular flexibility index (Phi) is 10.7. The Labute approximate surface area is 326 Å². The molecule has 0 bridgehead atoms. The molecule has 3 aromatic carbocycles. The van der Waals surface area contributed by atoms with Crippen molar-refractivity contribution in [2.24, 2.45) is 5.73 Å². The highest BCUT2D eigenvalue weighted by Crippen LogP contribution is 2.32. The van der Waals surface area contributed by atoms with Crippen molar-refractivity contribution in [1.82, 2.24) is 38.7 Å². The zero-order valence-electron chi connectivity index (χ0n) is 31.9. The molecule has 0 saturated carbocycles. The fraction of sp³-hybridized carbons (Fsp3) is 0.225. The number of aryl methyl sites for hydroxylation is 2. The van der Waals surface area contributed by atoms with Crippen LogP contribution in [-0.4, -0.2) is 77.5 Å². The summed E-state index contributed by atoms with van der Waals surface area (Å²) in [5.41, 5.74) is 17.2. The molecule has 7 rings (SSSR count). The molecule has 0 unspecified atom stereocenters. The standard InChI is InChI=1S/C40H42N12O5/c1-5-51-32(16-24(2)48-51)38(55)47-40-46-30-20-26(37(42)54)21-33(56-4)35(30)50(40)13-7-6-12-49-36-29(45-39(49)43-3)17-25(23-53)18-34(36)57-15-9-8-14-52-31-11-10-28(41)19-27(31)22-44-52/h6-11,16-23H,5,12-15,41H2,1-4H3,(H2,42,54)(H,43,45)(H,46,47,55)/b7-6+,9-8+. The Morgan fingerprint density at radius 3 is 2.32 bits per heavy atom. The number of fused-ring (bicyclic) bond motifs is 3. The number of hydrogen-bond acceptors (Lipinski definition) is 11. The van der Waals surface area contributed by atoms with Crippen LogP contribution in [0.25, 0.3) is 33.0 Å². The summed E-state index contributed by atoms with van der Waals surface area (Å²) in [6.45, 7) is 5.61. The molecule has 0 aliphatic heterocycles.